The second-order valence-electron chi connectivity index (χ2n) is 3.63. The number of carbonyl (C=O) groups excluding carboxylic acids is 1. The second kappa shape index (κ2) is 5.46. The zero-order valence-corrected chi connectivity index (χ0v) is 8.94. The Morgan fingerprint density at radius 2 is 2.31 bits per heavy atom. The van der Waals surface area contributed by atoms with Gasteiger partial charge in [0.1, 0.15) is 5.82 Å². The van der Waals surface area contributed by atoms with Crippen molar-refractivity contribution < 1.29 is 19.0 Å². The molecule has 4 nitrogen and oxygen atoms in total. The first kappa shape index (κ1) is 12.4. The molecule has 1 aromatic carbocycles. The SMILES string of the molecule is CC(CO)COC(=O)c1cc(N)ccc1F. The molecule has 0 bridgehead atoms. The Kier molecular flexibility index (Phi) is 4.25. The van der Waals surface area contributed by atoms with Gasteiger partial charge in [-0.05, 0) is 18.2 Å². The standard InChI is InChI=1S/C11H14FNO3/c1-7(5-14)6-16-11(15)9-4-8(13)2-3-10(9)12/h2-4,7,14H,5-6,13H2,1H3. The zero-order valence-electron chi connectivity index (χ0n) is 8.94. The van der Waals surface area contributed by atoms with Crippen LogP contribution in [0.3, 0.4) is 0 Å². The number of halogens is 1. The highest BCUT2D eigenvalue weighted by Gasteiger charge is 2.14. The van der Waals surface area contributed by atoms with E-state index in [1.165, 1.54) is 12.1 Å². The van der Waals surface area contributed by atoms with Gasteiger partial charge in [0.15, 0.2) is 0 Å². The lowest BCUT2D eigenvalue weighted by Gasteiger charge is -2.09. The number of aliphatic hydroxyl groups excluding tert-OH is 1. The molecule has 0 aromatic heterocycles. The van der Waals surface area contributed by atoms with Gasteiger partial charge in [-0.1, -0.05) is 6.92 Å². The third-order valence-electron chi connectivity index (χ3n) is 2.02. The molecule has 88 valence electrons. The summed E-state index contributed by atoms with van der Waals surface area (Å²) in [6.45, 7) is 1.67. The molecule has 0 saturated carbocycles. The summed E-state index contributed by atoms with van der Waals surface area (Å²) in [4.78, 5) is 11.4. The summed E-state index contributed by atoms with van der Waals surface area (Å²) < 4.78 is 18.0. The Morgan fingerprint density at radius 3 is 2.94 bits per heavy atom. The van der Waals surface area contributed by atoms with Crippen LogP contribution in [0.4, 0.5) is 10.1 Å². The number of ether oxygens (including phenoxy) is 1. The number of hydrogen-bond acceptors (Lipinski definition) is 4. The highest BCUT2D eigenvalue weighted by atomic mass is 19.1. The average Bonchev–Trinajstić information content (AvgIpc) is 2.28. The topological polar surface area (TPSA) is 72.5 Å². The van der Waals surface area contributed by atoms with Gasteiger partial charge in [-0.3, -0.25) is 0 Å². The van der Waals surface area contributed by atoms with Crippen molar-refractivity contribution in [2.75, 3.05) is 18.9 Å². The smallest absolute Gasteiger partial charge is 0.341 e. The molecule has 16 heavy (non-hydrogen) atoms. The first-order chi connectivity index (χ1) is 7.54. The van der Waals surface area contributed by atoms with Crippen molar-refractivity contribution in [2.24, 2.45) is 5.92 Å². The van der Waals surface area contributed by atoms with Gasteiger partial charge in [-0.2, -0.15) is 0 Å². The van der Waals surface area contributed by atoms with E-state index >= 15 is 0 Å². The molecular formula is C11H14FNO3. The molecule has 1 unspecified atom stereocenters. The number of aliphatic hydroxyl groups is 1. The van der Waals surface area contributed by atoms with E-state index < -0.39 is 11.8 Å². The number of esters is 1. The molecule has 0 heterocycles. The molecule has 3 N–H and O–H groups in total. The van der Waals surface area contributed by atoms with Crippen LogP contribution in [0.2, 0.25) is 0 Å². The van der Waals surface area contributed by atoms with E-state index in [-0.39, 0.29) is 24.7 Å². The quantitative estimate of drug-likeness (QED) is 0.598. The summed E-state index contributed by atoms with van der Waals surface area (Å²) in [6.07, 6.45) is 0. The number of rotatable bonds is 4. The Bertz CT molecular complexity index is 381. The summed E-state index contributed by atoms with van der Waals surface area (Å²) in [7, 11) is 0. The zero-order chi connectivity index (χ0) is 12.1. The van der Waals surface area contributed by atoms with Gasteiger partial charge in [0, 0.05) is 18.2 Å². The largest absolute Gasteiger partial charge is 0.462 e. The van der Waals surface area contributed by atoms with Crippen LogP contribution in [-0.2, 0) is 4.74 Å². The first-order valence-electron chi connectivity index (χ1n) is 4.87. The molecule has 1 rings (SSSR count). The van der Waals surface area contributed by atoms with Crippen molar-refractivity contribution in [3.05, 3.63) is 29.6 Å². The predicted octanol–water partition coefficient (Wildman–Crippen LogP) is 1.19. The summed E-state index contributed by atoms with van der Waals surface area (Å²) in [5.74, 6) is -1.62. The summed E-state index contributed by atoms with van der Waals surface area (Å²) in [5, 5.41) is 8.73. The third-order valence-corrected chi connectivity index (χ3v) is 2.02. The lowest BCUT2D eigenvalue weighted by Crippen LogP contribution is -2.15. The summed E-state index contributed by atoms with van der Waals surface area (Å²) in [6, 6.07) is 3.70. The van der Waals surface area contributed by atoms with Crippen molar-refractivity contribution in [3.8, 4) is 0 Å². The fourth-order valence-electron chi connectivity index (χ4n) is 1.05. The van der Waals surface area contributed by atoms with E-state index in [1.54, 1.807) is 6.92 Å². The van der Waals surface area contributed by atoms with E-state index in [0.29, 0.717) is 5.69 Å². The maximum absolute atomic E-state index is 13.2. The minimum absolute atomic E-state index is 0.0452. The molecule has 0 aliphatic rings. The molecule has 1 aromatic rings. The van der Waals surface area contributed by atoms with Crippen LogP contribution in [0.15, 0.2) is 18.2 Å². The lowest BCUT2D eigenvalue weighted by atomic mass is 10.2. The van der Waals surface area contributed by atoms with Crippen LogP contribution < -0.4 is 5.73 Å². The van der Waals surface area contributed by atoms with Crippen molar-refractivity contribution in [2.45, 2.75) is 6.92 Å². The fourth-order valence-corrected chi connectivity index (χ4v) is 1.05. The highest BCUT2D eigenvalue weighted by Crippen LogP contribution is 2.13. The number of nitrogen functional groups attached to an aromatic ring is 1. The van der Waals surface area contributed by atoms with Gasteiger partial charge in [0.2, 0.25) is 0 Å². The summed E-state index contributed by atoms with van der Waals surface area (Å²) in [5.41, 5.74) is 5.54. The number of hydrogen-bond donors (Lipinski definition) is 2. The van der Waals surface area contributed by atoms with Gasteiger partial charge in [0.05, 0.1) is 12.2 Å². The van der Waals surface area contributed by atoms with Gasteiger partial charge in [0.25, 0.3) is 0 Å². The van der Waals surface area contributed by atoms with Crippen LogP contribution in [0.1, 0.15) is 17.3 Å². The predicted molar refractivity (Wildman–Crippen MR) is 57.3 cm³/mol. The van der Waals surface area contributed by atoms with Crippen LogP contribution >= 0.6 is 0 Å². The van der Waals surface area contributed by atoms with Crippen molar-refractivity contribution in [1.82, 2.24) is 0 Å². The summed E-state index contributed by atoms with van der Waals surface area (Å²) >= 11 is 0. The van der Waals surface area contributed by atoms with Crippen LogP contribution in [0, 0.1) is 11.7 Å². The average molecular weight is 227 g/mol. The number of anilines is 1. The minimum Gasteiger partial charge on any atom is -0.462 e. The van der Waals surface area contributed by atoms with Crippen LogP contribution in [0.5, 0.6) is 0 Å². The van der Waals surface area contributed by atoms with Crippen molar-refractivity contribution >= 4 is 11.7 Å². The normalized spacial score (nSPS) is 12.2. The number of nitrogens with two attached hydrogens (primary N) is 1. The van der Waals surface area contributed by atoms with Gasteiger partial charge in [-0.25, -0.2) is 9.18 Å². The Labute approximate surface area is 92.8 Å². The van der Waals surface area contributed by atoms with Crippen molar-refractivity contribution in [1.29, 1.82) is 0 Å². The lowest BCUT2D eigenvalue weighted by molar-refractivity contribution is 0.0400. The monoisotopic (exact) mass is 227 g/mol. The Balaban J connectivity index is 2.69. The van der Waals surface area contributed by atoms with Crippen LogP contribution in [-0.4, -0.2) is 24.3 Å². The van der Waals surface area contributed by atoms with E-state index in [1.807, 2.05) is 0 Å². The molecule has 0 aliphatic heterocycles. The van der Waals surface area contributed by atoms with E-state index in [2.05, 4.69) is 0 Å². The van der Waals surface area contributed by atoms with Crippen molar-refractivity contribution in [3.63, 3.8) is 0 Å². The van der Waals surface area contributed by atoms with Crippen LogP contribution in [0.25, 0.3) is 0 Å². The number of carbonyl (C=O) groups is 1. The van der Waals surface area contributed by atoms with Gasteiger partial charge >= 0.3 is 5.97 Å². The van der Waals surface area contributed by atoms with Gasteiger partial charge < -0.3 is 15.6 Å². The highest BCUT2D eigenvalue weighted by molar-refractivity contribution is 5.90. The molecule has 5 heteroatoms. The van der Waals surface area contributed by atoms with E-state index in [9.17, 15) is 9.18 Å². The second-order valence-corrected chi connectivity index (χ2v) is 3.63. The fraction of sp³-hybridized carbons (Fsp3) is 0.364. The van der Waals surface area contributed by atoms with E-state index in [4.69, 9.17) is 15.6 Å². The molecule has 0 radical (unpaired) electrons. The first-order valence-corrected chi connectivity index (χ1v) is 4.87. The molecule has 1 atom stereocenters. The van der Waals surface area contributed by atoms with E-state index in [0.717, 1.165) is 6.07 Å². The molecular weight excluding hydrogens is 213 g/mol. The molecule has 0 saturated heterocycles. The number of benzene rings is 1. The Hall–Kier alpha value is -1.62. The maximum atomic E-state index is 13.2. The molecule has 0 fully saturated rings. The molecule has 0 spiro atoms. The Morgan fingerprint density at radius 1 is 1.62 bits per heavy atom. The molecule has 0 aliphatic carbocycles. The van der Waals surface area contributed by atoms with Gasteiger partial charge in [-0.15, -0.1) is 0 Å². The minimum atomic E-state index is -0.773. The maximum Gasteiger partial charge on any atom is 0.341 e. The molecule has 0 amide bonds. The third kappa shape index (κ3) is 3.20.